The van der Waals surface area contributed by atoms with Crippen LogP contribution in [0.5, 0.6) is 5.75 Å². The summed E-state index contributed by atoms with van der Waals surface area (Å²) in [6, 6.07) is 6.45. The fraction of sp³-hybridized carbons (Fsp3) is 0.667. The second-order valence-corrected chi connectivity index (χ2v) is 6.71. The van der Waals surface area contributed by atoms with Crippen LogP contribution in [0.1, 0.15) is 50.2 Å². The quantitative estimate of drug-likeness (QED) is 0.906. The second-order valence-electron chi connectivity index (χ2n) is 6.71. The molecule has 2 nitrogen and oxygen atoms in total. The zero-order chi connectivity index (χ0) is 14.1. The minimum atomic E-state index is -0.119. The summed E-state index contributed by atoms with van der Waals surface area (Å²) in [6.07, 6.45) is 6.75. The molecule has 0 bridgehead atoms. The van der Waals surface area contributed by atoms with Gasteiger partial charge in [-0.15, -0.1) is 0 Å². The molecule has 20 heavy (non-hydrogen) atoms. The third kappa shape index (κ3) is 2.85. The van der Waals surface area contributed by atoms with E-state index in [-0.39, 0.29) is 12.2 Å². The van der Waals surface area contributed by atoms with Crippen LogP contribution in [0.15, 0.2) is 18.2 Å². The van der Waals surface area contributed by atoms with Crippen LogP contribution in [0.3, 0.4) is 0 Å². The molecule has 2 heteroatoms. The Hall–Kier alpha value is -1.02. The Bertz CT molecular complexity index is 468. The first kappa shape index (κ1) is 13.9. The van der Waals surface area contributed by atoms with Gasteiger partial charge >= 0.3 is 0 Å². The van der Waals surface area contributed by atoms with E-state index in [9.17, 15) is 5.11 Å². The van der Waals surface area contributed by atoms with Crippen molar-refractivity contribution in [3.05, 3.63) is 29.3 Å². The molecule has 2 aliphatic rings. The SMILES string of the molecule is CCC1CCC(O)C(CC2Cc3cc(C)ccc3O2)C1. The van der Waals surface area contributed by atoms with Crippen LogP contribution in [0.2, 0.25) is 0 Å². The minimum Gasteiger partial charge on any atom is -0.490 e. The number of fused-ring (bicyclic) bond motifs is 1. The maximum atomic E-state index is 10.2. The van der Waals surface area contributed by atoms with E-state index < -0.39 is 0 Å². The lowest BCUT2D eigenvalue weighted by atomic mass is 9.76. The predicted molar refractivity (Wildman–Crippen MR) is 81.0 cm³/mol. The summed E-state index contributed by atoms with van der Waals surface area (Å²) in [5.74, 6) is 2.28. The Labute approximate surface area is 122 Å². The zero-order valence-electron chi connectivity index (χ0n) is 12.6. The molecule has 4 atom stereocenters. The molecule has 0 aromatic heterocycles. The van der Waals surface area contributed by atoms with E-state index in [1.54, 1.807) is 0 Å². The van der Waals surface area contributed by atoms with E-state index in [0.29, 0.717) is 5.92 Å². The molecule has 1 aliphatic heterocycles. The van der Waals surface area contributed by atoms with Gasteiger partial charge in [0.2, 0.25) is 0 Å². The molecule has 1 heterocycles. The van der Waals surface area contributed by atoms with Crippen molar-refractivity contribution in [2.24, 2.45) is 11.8 Å². The van der Waals surface area contributed by atoms with E-state index in [4.69, 9.17) is 4.74 Å². The molecule has 110 valence electrons. The van der Waals surface area contributed by atoms with Crippen LogP contribution in [0.25, 0.3) is 0 Å². The molecule has 1 aliphatic carbocycles. The second kappa shape index (κ2) is 5.77. The number of hydrogen-bond donors (Lipinski definition) is 1. The summed E-state index contributed by atoms with van der Waals surface area (Å²) in [5, 5.41) is 10.2. The lowest BCUT2D eigenvalue weighted by Crippen LogP contribution is -2.32. The van der Waals surface area contributed by atoms with Crippen molar-refractivity contribution in [3.8, 4) is 5.75 Å². The van der Waals surface area contributed by atoms with Gasteiger partial charge in [0.05, 0.1) is 6.10 Å². The van der Waals surface area contributed by atoms with Crippen LogP contribution in [-0.4, -0.2) is 17.3 Å². The number of ether oxygens (including phenoxy) is 1. The standard InChI is InChI=1S/C18H26O2/c1-3-13-5-6-17(19)14(9-13)10-16-11-15-8-12(2)4-7-18(15)20-16/h4,7-8,13-14,16-17,19H,3,5-6,9-11H2,1-2H3. The van der Waals surface area contributed by atoms with Gasteiger partial charge in [0.25, 0.3) is 0 Å². The zero-order valence-corrected chi connectivity index (χ0v) is 12.6. The van der Waals surface area contributed by atoms with Crippen LogP contribution in [0, 0.1) is 18.8 Å². The normalized spacial score (nSPS) is 32.8. The number of rotatable bonds is 3. The molecular formula is C18H26O2. The Balaban J connectivity index is 1.62. The molecule has 1 fully saturated rings. The van der Waals surface area contributed by atoms with E-state index in [0.717, 1.165) is 30.9 Å². The lowest BCUT2D eigenvalue weighted by molar-refractivity contribution is 0.0248. The molecule has 0 spiro atoms. The highest BCUT2D eigenvalue weighted by Crippen LogP contribution is 2.38. The third-order valence-electron chi connectivity index (χ3n) is 5.15. The number of aryl methyl sites for hydroxylation is 1. The molecular weight excluding hydrogens is 248 g/mol. The molecule has 0 radical (unpaired) electrons. The largest absolute Gasteiger partial charge is 0.490 e. The van der Waals surface area contributed by atoms with Gasteiger partial charge in [0.1, 0.15) is 11.9 Å². The Kier molecular flexibility index (Phi) is 4.02. The summed E-state index contributed by atoms with van der Waals surface area (Å²) in [5.41, 5.74) is 2.64. The van der Waals surface area contributed by atoms with Crippen molar-refractivity contribution in [2.45, 2.75) is 64.6 Å². The average Bonchev–Trinajstić information content (AvgIpc) is 2.82. The van der Waals surface area contributed by atoms with Crippen LogP contribution >= 0.6 is 0 Å². The fourth-order valence-electron chi connectivity index (χ4n) is 3.89. The van der Waals surface area contributed by atoms with Crippen molar-refractivity contribution < 1.29 is 9.84 Å². The topological polar surface area (TPSA) is 29.5 Å². The Morgan fingerprint density at radius 1 is 1.30 bits per heavy atom. The van der Waals surface area contributed by atoms with Gasteiger partial charge in [-0.25, -0.2) is 0 Å². The summed E-state index contributed by atoms with van der Waals surface area (Å²) < 4.78 is 6.07. The van der Waals surface area contributed by atoms with E-state index in [1.165, 1.54) is 30.4 Å². The molecule has 3 rings (SSSR count). The summed E-state index contributed by atoms with van der Waals surface area (Å²) in [6.45, 7) is 4.40. The molecule has 1 aromatic carbocycles. The van der Waals surface area contributed by atoms with Gasteiger partial charge in [0.15, 0.2) is 0 Å². The summed E-state index contributed by atoms with van der Waals surface area (Å²) in [4.78, 5) is 0. The van der Waals surface area contributed by atoms with Gasteiger partial charge < -0.3 is 9.84 Å². The highest BCUT2D eigenvalue weighted by atomic mass is 16.5. The van der Waals surface area contributed by atoms with Gasteiger partial charge in [-0.1, -0.05) is 31.0 Å². The minimum absolute atomic E-state index is 0.119. The van der Waals surface area contributed by atoms with E-state index in [1.807, 2.05) is 0 Å². The first-order valence-electron chi connectivity index (χ1n) is 8.10. The summed E-state index contributed by atoms with van der Waals surface area (Å²) in [7, 11) is 0. The predicted octanol–water partition coefficient (Wildman–Crippen LogP) is 3.88. The maximum absolute atomic E-state index is 10.2. The highest BCUT2D eigenvalue weighted by Gasteiger charge is 2.33. The third-order valence-corrected chi connectivity index (χ3v) is 5.15. The number of aliphatic hydroxyl groups excluding tert-OH is 1. The maximum Gasteiger partial charge on any atom is 0.123 e. The van der Waals surface area contributed by atoms with Crippen molar-refractivity contribution in [1.82, 2.24) is 0 Å². The van der Waals surface area contributed by atoms with Crippen molar-refractivity contribution in [1.29, 1.82) is 0 Å². The average molecular weight is 274 g/mol. The molecule has 0 saturated heterocycles. The molecule has 4 unspecified atom stereocenters. The highest BCUT2D eigenvalue weighted by molar-refractivity contribution is 5.40. The molecule has 1 aromatic rings. The van der Waals surface area contributed by atoms with Gasteiger partial charge in [0, 0.05) is 6.42 Å². The van der Waals surface area contributed by atoms with Crippen molar-refractivity contribution in [2.75, 3.05) is 0 Å². The Morgan fingerprint density at radius 3 is 2.95 bits per heavy atom. The van der Waals surface area contributed by atoms with Crippen molar-refractivity contribution >= 4 is 0 Å². The van der Waals surface area contributed by atoms with Crippen LogP contribution in [-0.2, 0) is 6.42 Å². The van der Waals surface area contributed by atoms with Gasteiger partial charge in [-0.05, 0) is 56.1 Å². The van der Waals surface area contributed by atoms with Gasteiger partial charge in [-0.3, -0.25) is 0 Å². The number of benzene rings is 1. The molecule has 1 N–H and O–H groups in total. The smallest absolute Gasteiger partial charge is 0.123 e. The van der Waals surface area contributed by atoms with Crippen molar-refractivity contribution in [3.63, 3.8) is 0 Å². The van der Waals surface area contributed by atoms with E-state index in [2.05, 4.69) is 32.0 Å². The Morgan fingerprint density at radius 2 is 2.15 bits per heavy atom. The number of hydrogen-bond acceptors (Lipinski definition) is 2. The van der Waals surface area contributed by atoms with Crippen LogP contribution < -0.4 is 4.74 Å². The first-order valence-corrected chi connectivity index (χ1v) is 8.10. The number of aliphatic hydroxyl groups is 1. The lowest BCUT2D eigenvalue weighted by Gasteiger charge is -2.34. The fourth-order valence-corrected chi connectivity index (χ4v) is 3.89. The van der Waals surface area contributed by atoms with E-state index >= 15 is 0 Å². The molecule has 1 saturated carbocycles. The van der Waals surface area contributed by atoms with Gasteiger partial charge in [-0.2, -0.15) is 0 Å². The summed E-state index contributed by atoms with van der Waals surface area (Å²) >= 11 is 0. The van der Waals surface area contributed by atoms with Crippen LogP contribution in [0.4, 0.5) is 0 Å². The molecule has 0 amide bonds. The monoisotopic (exact) mass is 274 g/mol. The first-order chi connectivity index (χ1) is 9.65.